The minimum Gasteiger partial charge on any atom is -0.497 e. The van der Waals surface area contributed by atoms with E-state index in [1.165, 1.54) is 11.5 Å². The second kappa shape index (κ2) is 7.25. The molecule has 146 valence electrons. The summed E-state index contributed by atoms with van der Waals surface area (Å²) < 4.78 is 6.71. The number of ketones is 2. The molecular weight excluding hydrogens is 344 g/mol. The van der Waals surface area contributed by atoms with E-state index in [4.69, 9.17) is 4.74 Å². The molecule has 0 unspecified atom stereocenters. The predicted molar refractivity (Wildman–Crippen MR) is 105 cm³/mol. The van der Waals surface area contributed by atoms with Crippen LogP contribution in [0, 0.1) is 10.8 Å². The Kier molecular flexibility index (Phi) is 5.59. The maximum absolute atomic E-state index is 13.1. The third-order valence-electron chi connectivity index (χ3n) is 4.92. The first-order valence-electron chi connectivity index (χ1n) is 8.98. The Morgan fingerprint density at radius 3 is 2.30 bits per heavy atom. The molecule has 0 aliphatic carbocycles. The highest BCUT2D eigenvalue weighted by Crippen LogP contribution is 2.24. The van der Waals surface area contributed by atoms with Crippen molar-refractivity contribution < 1.29 is 14.3 Å². The Morgan fingerprint density at radius 2 is 1.78 bits per heavy atom. The second-order valence-electron chi connectivity index (χ2n) is 8.59. The molecule has 0 aliphatic heterocycles. The molecular formula is C21H28N2O4. The minimum absolute atomic E-state index is 0.0177. The Labute approximate surface area is 159 Å². The summed E-state index contributed by atoms with van der Waals surface area (Å²) in [4.78, 5) is 42.2. The summed E-state index contributed by atoms with van der Waals surface area (Å²) in [5, 5.41) is 0. The lowest BCUT2D eigenvalue weighted by Gasteiger charge is -2.22. The summed E-state index contributed by atoms with van der Waals surface area (Å²) in [6.45, 7) is 10.5. The molecule has 6 nitrogen and oxygen atoms in total. The second-order valence-corrected chi connectivity index (χ2v) is 8.59. The Hall–Kier alpha value is -2.50. The zero-order valence-corrected chi connectivity index (χ0v) is 17.2. The molecule has 0 amide bonds. The van der Waals surface area contributed by atoms with E-state index in [2.05, 4.69) is 4.98 Å². The Balaban J connectivity index is 2.71. The van der Waals surface area contributed by atoms with Gasteiger partial charge >= 0.3 is 0 Å². The number of aromatic nitrogens is 2. The smallest absolute Gasteiger partial charge is 0.273 e. The molecule has 1 heterocycles. The Bertz CT molecular complexity index is 949. The van der Waals surface area contributed by atoms with Crippen LogP contribution in [0.3, 0.4) is 0 Å². The van der Waals surface area contributed by atoms with Crippen LogP contribution >= 0.6 is 0 Å². The molecule has 0 bridgehead atoms. The Morgan fingerprint density at radius 1 is 1.15 bits per heavy atom. The summed E-state index contributed by atoms with van der Waals surface area (Å²) in [6.07, 6.45) is 0.215. The van der Waals surface area contributed by atoms with Crippen LogP contribution in [0.1, 0.15) is 47.2 Å². The SMILES string of the molecule is COc1ccc2nc(CC(C)(C)C(C)=O)c(=O)n(CC(=O)C(C)(C)C)c2c1. The van der Waals surface area contributed by atoms with E-state index in [0.29, 0.717) is 16.8 Å². The number of methoxy groups -OCH3 is 1. The zero-order valence-electron chi connectivity index (χ0n) is 17.2. The average molecular weight is 372 g/mol. The van der Waals surface area contributed by atoms with Crippen LogP contribution in [0.4, 0.5) is 0 Å². The van der Waals surface area contributed by atoms with Gasteiger partial charge in [0.2, 0.25) is 0 Å². The van der Waals surface area contributed by atoms with E-state index in [0.717, 1.165) is 0 Å². The molecule has 0 saturated carbocycles. The normalized spacial score (nSPS) is 12.3. The molecule has 0 saturated heterocycles. The van der Waals surface area contributed by atoms with Gasteiger partial charge in [0.15, 0.2) is 5.78 Å². The van der Waals surface area contributed by atoms with Crippen LogP contribution in [-0.2, 0) is 22.6 Å². The van der Waals surface area contributed by atoms with Crippen molar-refractivity contribution in [2.45, 2.75) is 54.5 Å². The standard InChI is InChI=1S/C21H28N2O4/c1-13(24)21(5,6)11-16-19(26)23(12-18(25)20(2,3)4)17-10-14(27-7)8-9-15(17)22-16/h8-10H,11-12H2,1-7H3. The van der Waals surface area contributed by atoms with Gasteiger partial charge < -0.3 is 4.74 Å². The van der Waals surface area contributed by atoms with Crippen molar-refractivity contribution in [3.63, 3.8) is 0 Å². The van der Waals surface area contributed by atoms with Crippen molar-refractivity contribution >= 4 is 22.6 Å². The van der Waals surface area contributed by atoms with E-state index >= 15 is 0 Å². The largest absolute Gasteiger partial charge is 0.497 e. The van der Waals surface area contributed by atoms with E-state index in [1.54, 1.807) is 39.2 Å². The first kappa shape index (κ1) is 20.8. The van der Waals surface area contributed by atoms with Gasteiger partial charge in [-0.3, -0.25) is 19.0 Å². The van der Waals surface area contributed by atoms with Crippen molar-refractivity contribution in [2.75, 3.05) is 7.11 Å². The number of carbonyl (C=O) groups excluding carboxylic acids is 2. The lowest BCUT2D eigenvalue weighted by atomic mass is 9.84. The number of fused-ring (bicyclic) bond motifs is 1. The zero-order chi connectivity index (χ0) is 20.6. The fourth-order valence-electron chi connectivity index (χ4n) is 2.60. The van der Waals surface area contributed by atoms with Crippen LogP contribution in [0.5, 0.6) is 5.75 Å². The number of hydrogen-bond donors (Lipinski definition) is 0. The monoisotopic (exact) mass is 372 g/mol. The number of hydrogen-bond acceptors (Lipinski definition) is 5. The lowest BCUT2D eigenvalue weighted by Crippen LogP contribution is -2.35. The summed E-state index contributed by atoms with van der Waals surface area (Å²) in [5.41, 5.74) is -0.213. The number of benzene rings is 1. The molecule has 0 N–H and O–H groups in total. The number of carbonyl (C=O) groups is 2. The van der Waals surface area contributed by atoms with Crippen molar-refractivity contribution in [1.29, 1.82) is 0 Å². The van der Waals surface area contributed by atoms with Gasteiger partial charge in [0, 0.05) is 23.3 Å². The first-order valence-corrected chi connectivity index (χ1v) is 8.98. The maximum atomic E-state index is 13.1. The highest BCUT2D eigenvalue weighted by atomic mass is 16.5. The fraction of sp³-hybridized carbons (Fsp3) is 0.524. The average Bonchev–Trinajstić information content (AvgIpc) is 2.56. The van der Waals surface area contributed by atoms with Gasteiger partial charge in [-0.05, 0) is 19.1 Å². The van der Waals surface area contributed by atoms with Crippen molar-refractivity contribution in [3.05, 3.63) is 34.2 Å². The quantitative estimate of drug-likeness (QED) is 0.778. The van der Waals surface area contributed by atoms with Gasteiger partial charge in [-0.1, -0.05) is 34.6 Å². The number of Topliss-reactive ketones (excluding diaryl/α,β-unsaturated/α-hetero) is 2. The van der Waals surface area contributed by atoms with Gasteiger partial charge in [0.25, 0.3) is 5.56 Å². The molecule has 0 atom stereocenters. The third-order valence-corrected chi connectivity index (χ3v) is 4.92. The molecule has 0 fully saturated rings. The molecule has 1 aromatic carbocycles. The van der Waals surface area contributed by atoms with Gasteiger partial charge in [-0.25, -0.2) is 4.98 Å². The van der Waals surface area contributed by atoms with Crippen LogP contribution in [0.15, 0.2) is 23.0 Å². The van der Waals surface area contributed by atoms with Gasteiger partial charge in [-0.2, -0.15) is 0 Å². The first-order chi connectivity index (χ1) is 12.4. The van der Waals surface area contributed by atoms with E-state index in [-0.39, 0.29) is 35.8 Å². The third kappa shape index (κ3) is 4.43. The molecule has 0 spiro atoms. The van der Waals surface area contributed by atoms with Gasteiger partial charge in [-0.15, -0.1) is 0 Å². The van der Waals surface area contributed by atoms with Crippen LogP contribution in [0.2, 0.25) is 0 Å². The highest BCUT2D eigenvalue weighted by Gasteiger charge is 2.28. The molecule has 2 rings (SSSR count). The van der Waals surface area contributed by atoms with Crippen molar-refractivity contribution in [3.8, 4) is 5.75 Å². The minimum atomic E-state index is -0.710. The number of ether oxygens (including phenoxy) is 1. The van der Waals surface area contributed by atoms with Crippen LogP contribution in [0.25, 0.3) is 11.0 Å². The molecule has 1 aromatic heterocycles. The van der Waals surface area contributed by atoms with Gasteiger partial charge in [0.05, 0.1) is 24.7 Å². The number of rotatable bonds is 6. The van der Waals surface area contributed by atoms with E-state index < -0.39 is 10.8 Å². The van der Waals surface area contributed by atoms with Crippen LogP contribution < -0.4 is 10.3 Å². The summed E-state index contributed by atoms with van der Waals surface area (Å²) in [7, 11) is 1.54. The highest BCUT2D eigenvalue weighted by molar-refractivity contribution is 5.86. The van der Waals surface area contributed by atoms with E-state index in [9.17, 15) is 14.4 Å². The molecule has 6 heteroatoms. The number of nitrogens with zero attached hydrogens (tertiary/aromatic N) is 2. The van der Waals surface area contributed by atoms with Gasteiger partial charge in [0.1, 0.15) is 17.2 Å². The molecule has 2 aromatic rings. The lowest BCUT2D eigenvalue weighted by molar-refractivity contribution is -0.127. The van der Waals surface area contributed by atoms with Crippen molar-refractivity contribution in [2.24, 2.45) is 10.8 Å². The maximum Gasteiger partial charge on any atom is 0.273 e. The molecule has 0 aliphatic rings. The molecule has 27 heavy (non-hydrogen) atoms. The molecule has 0 radical (unpaired) electrons. The van der Waals surface area contributed by atoms with E-state index in [1.807, 2.05) is 20.8 Å². The summed E-state index contributed by atoms with van der Waals surface area (Å²) in [6, 6.07) is 5.23. The predicted octanol–water partition coefficient (Wildman–Crippen LogP) is 3.18. The summed E-state index contributed by atoms with van der Waals surface area (Å²) in [5.74, 6) is 0.505. The summed E-state index contributed by atoms with van der Waals surface area (Å²) >= 11 is 0. The fourth-order valence-corrected chi connectivity index (χ4v) is 2.60. The van der Waals surface area contributed by atoms with Crippen molar-refractivity contribution in [1.82, 2.24) is 9.55 Å². The topological polar surface area (TPSA) is 78.3 Å². The van der Waals surface area contributed by atoms with Crippen LogP contribution in [-0.4, -0.2) is 28.2 Å².